The largest absolute Gasteiger partial charge is 0.472 e. The lowest BCUT2D eigenvalue weighted by Gasteiger charge is -2.13. The molecule has 17 heavy (non-hydrogen) atoms. The molecule has 1 aromatic heterocycles. The molecule has 0 radical (unpaired) electrons. The first-order valence-corrected chi connectivity index (χ1v) is 5.56. The summed E-state index contributed by atoms with van der Waals surface area (Å²) in [5, 5.41) is 2.86. The van der Waals surface area contributed by atoms with Gasteiger partial charge < -0.3 is 9.73 Å². The summed E-state index contributed by atoms with van der Waals surface area (Å²) in [6, 6.07) is 10.0. The fourth-order valence-electron chi connectivity index (χ4n) is 1.78. The lowest BCUT2D eigenvalue weighted by molar-refractivity contribution is -0.119. The Morgan fingerprint density at radius 1 is 1.18 bits per heavy atom. The Morgan fingerprint density at radius 3 is 2.41 bits per heavy atom. The Kier molecular flexibility index (Phi) is 3.28. The number of furan rings is 1. The van der Waals surface area contributed by atoms with Gasteiger partial charge in [-0.1, -0.05) is 24.3 Å². The maximum Gasteiger partial charge on any atom is 0.217 e. The first kappa shape index (κ1) is 11.5. The SMILES string of the molecule is CC(=O)N[C@@H](C)c1ccc(-c2ccoc2)cc1. The molecule has 1 heterocycles. The van der Waals surface area contributed by atoms with E-state index in [1.165, 1.54) is 6.92 Å². The Bertz CT molecular complexity index is 485. The fraction of sp³-hybridized carbons (Fsp3) is 0.214. The van der Waals surface area contributed by atoms with E-state index in [2.05, 4.69) is 5.32 Å². The van der Waals surface area contributed by atoms with Crippen LogP contribution in [0.3, 0.4) is 0 Å². The highest BCUT2D eigenvalue weighted by Crippen LogP contribution is 2.22. The molecule has 1 N–H and O–H groups in total. The van der Waals surface area contributed by atoms with Crippen LogP contribution in [0.1, 0.15) is 25.5 Å². The molecule has 1 aromatic carbocycles. The highest BCUT2D eigenvalue weighted by Gasteiger charge is 2.06. The smallest absolute Gasteiger partial charge is 0.217 e. The van der Waals surface area contributed by atoms with Crippen molar-refractivity contribution >= 4 is 5.91 Å². The van der Waals surface area contributed by atoms with Gasteiger partial charge in [0.25, 0.3) is 0 Å². The molecule has 2 rings (SSSR count). The van der Waals surface area contributed by atoms with Crippen LogP contribution in [0.2, 0.25) is 0 Å². The fourth-order valence-corrected chi connectivity index (χ4v) is 1.78. The van der Waals surface area contributed by atoms with Crippen LogP contribution in [0.15, 0.2) is 47.3 Å². The van der Waals surface area contributed by atoms with Crippen LogP contribution in [-0.4, -0.2) is 5.91 Å². The number of nitrogens with one attached hydrogen (secondary N) is 1. The van der Waals surface area contributed by atoms with Gasteiger partial charge in [0.2, 0.25) is 5.91 Å². The van der Waals surface area contributed by atoms with Crippen molar-refractivity contribution in [3.63, 3.8) is 0 Å². The molecule has 0 aliphatic carbocycles. The van der Waals surface area contributed by atoms with Gasteiger partial charge >= 0.3 is 0 Å². The van der Waals surface area contributed by atoms with Gasteiger partial charge in [0.15, 0.2) is 0 Å². The molecule has 1 atom stereocenters. The van der Waals surface area contributed by atoms with Crippen molar-refractivity contribution in [2.75, 3.05) is 0 Å². The van der Waals surface area contributed by atoms with Crippen LogP contribution in [0.25, 0.3) is 11.1 Å². The summed E-state index contributed by atoms with van der Waals surface area (Å²) in [5.74, 6) is -0.0172. The Balaban J connectivity index is 2.15. The number of carbonyl (C=O) groups is 1. The quantitative estimate of drug-likeness (QED) is 0.878. The third-order valence-electron chi connectivity index (χ3n) is 2.68. The van der Waals surface area contributed by atoms with Crippen LogP contribution < -0.4 is 5.32 Å². The predicted octanol–water partition coefficient (Wildman–Crippen LogP) is 3.14. The van der Waals surface area contributed by atoms with Crippen molar-refractivity contribution in [2.45, 2.75) is 19.9 Å². The van der Waals surface area contributed by atoms with E-state index in [0.29, 0.717) is 0 Å². The van der Waals surface area contributed by atoms with Crippen molar-refractivity contribution in [1.29, 1.82) is 0 Å². The first-order valence-electron chi connectivity index (χ1n) is 5.56. The molecule has 3 nitrogen and oxygen atoms in total. The normalized spacial score (nSPS) is 12.1. The molecule has 0 aliphatic rings. The van der Waals surface area contributed by atoms with E-state index < -0.39 is 0 Å². The molecule has 88 valence electrons. The van der Waals surface area contributed by atoms with Crippen molar-refractivity contribution in [3.8, 4) is 11.1 Å². The average Bonchev–Trinajstić information content (AvgIpc) is 2.82. The third kappa shape index (κ3) is 2.75. The molecular formula is C14H15NO2. The summed E-state index contributed by atoms with van der Waals surface area (Å²) in [6.45, 7) is 3.49. The second-order valence-electron chi connectivity index (χ2n) is 4.06. The van der Waals surface area contributed by atoms with Crippen molar-refractivity contribution in [1.82, 2.24) is 5.32 Å². The maximum absolute atomic E-state index is 11.0. The second-order valence-corrected chi connectivity index (χ2v) is 4.06. The molecule has 3 heteroatoms. The predicted molar refractivity (Wildman–Crippen MR) is 66.4 cm³/mol. The van der Waals surface area contributed by atoms with E-state index in [1.807, 2.05) is 37.3 Å². The van der Waals surface area contributed by atoms with E-state index in [1.54, 1.807) is 12.5 Å². The lowest BCUT2D eigenvalue weighted by Crippen LogP contribution is -2.23. The van der Waals surface area contributed by atoms with Crippen LogP contribution >= 0.6 is 0 Å². The zero-order valence-electron chi connectivity index (χ0n) is 9.94. The van der Waals surface area contributed by atoms with E-state index >= 15 is 0 Å². The van der Waals surface area contributed by atoms with Gasteiger partial charge in [-0.05, 0) is 24.1 Å². The van der Waals surface area contributed by atoms with Crippen LogP contribution in [0, 0.1) is 0 Å². The van der Waals surface area contributed by atoms with Crippen molar-refractivity contribution in [2.24, 2.45) is 0 Å². The van der Waals surface area contributed by atoms with Gasteiger partial charge in [-0.25, -0.2) is 0 Å². The molecule has 0 saturated heterocycles. The topological polar surface area (TPSA) is 42.2 Å². The Hall–Kier alpha value is -2.03. The summed E-state index contributed by atoms with van der Waals surface area (Å²) < 4.78 is 5.04. The van der Waals surface area contributed by atoms with Crippen LogP contribution in [-0.2, 0) is 4.79 Å². The van der Waals surface area contributed by atoms with E-state index in [0.717, 1.165) is 16.7 Å². The number of benzene rings is 1. The number of rotatable bonds is 3. The van der Waals surface area contributed by atoms with Crippen molar-refractivity contribution in [3.05, 3.63) is 48.4 Å². The van der Waals surface area contributed by atoms with Gasteiger partial charge in [0.05, 0.1) is 18.6 Å². The van der Waals surface area contributed by atoms with Crippen molar-refractivity contribution < 1.29 is 9.21 Å². The van der Waals surface area contributed by atoms with Gasteiger partial charge in [0, 0.05) is 12.5 Å². The molecule has 0 saturated carbocycles. The zero-order chi connectivity index (χ0) is 12.3. The van der Waals surface area contributed by atoms with E-state index in [4.69, 9.17) is 4.42 Å². The van der Waals surface area contributed by atoms with Gasteiger partial charge in [0.1, 0.15) is 0 Å². The first-order chi connectivity index (χ1) is 8.16. The number of amides is 1. The van der Waals surface area contributed by atoms with Crippen LogP contribution in [0.4, 0.5) is 0 Å². The van der Waals surface area contributed by atoms with E-state index in [-0.39, 0.29) is 11.9 Å². The Morgan fingerprint density at radius 2 is 1.88 bits per heavy atom. The molecule has 0 unspecified atom stereocenters. The highest BCUT2D eigenvalue weighted by atomic mass is 16.3. The van der Waals surface area contributed by atoms with Gasteiger partial charge in [-0.3, -0.25) is 4.79 Å². The highest BCUT2D eigenvalue weighted by molar-refractivity contribution is 5.73. The Labute approximate surface area is 100 Å². The summed E-state index contributed by atoms with van der Waals surface area (Å²) in [7, 11) is 0. The number of hydrogen-bond donors (Lipinski definition) is 1. The summed E-state index contributed by atoms with van der Waals surface area (Å²) >= 11 is 0. The molecule has 2 aromatic rings. The minimum absolute atomic E-state index is 0.0172. The van der Waals surface area contributed by atoms with E-state index in [9.17, 15) is 4.79 Å². The minimum Gasteiger partial charge on any atom is -0.472 e. The molecule has 0 aliphatic heterocycles. The number of hydrogen-bond acceptors (Lipinski definition) is 2. The number of carbonyl (C=O) groups excluding carboxylic acids is 1. The second kappa shape index (κ2) is 4.87. The maximum atomic E-state index is 11.0. The molecule has 0 bridgehead atoms. The van der Waals surface area contributed by atoms with Gasteiger partial charge in [-0.2, -0.15) is 0 Å². The summed E-state index contributed by atoms with van der Waals surface area (Å²) in [4.78, 5) is 11.0. The molecule has 0 spiro atoms. The summed E-state index contributed by atoms with van der Waals surface area (Å²) in [6.07, 6.45) is 3.37. The van der Waals surface area contributed by atoms with Crippen LogP contribution in [0.5, 0.6) is 0 Å². The average molecular weight is 229 g/mol. The minimum atomic E-state index is -0.0172. The standard InChI is InChI=1S/C14H15NO2/c1-10(15-11(2)16)12-3-5-13(6-4-12)14-7-8-17-9-14/h3-10H,1-2H3,(H,15,16)/t10-/m0/s1. The molecular weight excluding hydrogens is 214 g/mol. The monoisotopic (exact) mass is 229 g/mol. The molecule has 1 amide bonds. The lowest BCUT2D eigenvalue weighted by atomic mass is 10.0. The summed E-state index contributed by atoms with van der Waals surface area (Å²) in [5.41, 5.74) is 3.26. The zero-order valence-corrected chi connectivity index (χ0v) is 9.94. The van der Waals surface area contributed by atoms with Gasteiger partial charge in [-0.15, -0.1) is 0 Å². The third-order valence-corrected chi connectivity index (χ3v) is 2.68. The molecule has 0 fully saturated rings.